The first-order valence-electron chi connectivity index (χ1n) is 10.2. The smallest absolute Gasteiger partial charge is 0.119 e. The van der Waals surface area contributed by atoms with Crippen LogP contribution < -0.4 is 4.74 Å². The Morgan fingerprint density at radius 1 is 1.08 bits per heavy atom. The predicted molar refractivity (Wildman–Crippen MR) is 111 cm³/mol. The van der Waals surface area contributed by atoms with Crippen molar-refractivity contribution in [2.24, 2.45) is 5.92 Å². The quantitative estimate of drug-likeness (QED) is 0.380. The van der Waals surface area contributed by atoms with Crippen LogP contribution in [0, 0.1) is 5.92 Å². The number of aryl methyl sites for hydroxylation is 3. The molecule has 2 aromatic carbocycles. The van der Waals surface area contributed by atoms with Crippen LogP contribution in [0.4, 0.5) is 0 Å². The van der Waals surface area contributed by atoms with Crippen LogP contribution in [0.3, 0.4) is 0 Å². The molecule has 1 heteroatoms. The van der Waals surface area contributed by atoms with Gasteiger partial charge in [0.1, 0.15) is 5.75 Å². The molecule has 0 N–H and O–H groups in total. The topological polar surface area (TPSA) is 9.23 Å². The van der Waals surface area contributed by atoms with E-state index in [0.29, 0.717) is 0 Å². The van der Waals surface area contributed by atoms with Gasteiger partial charge in [0, 0.05) is 0 Å². The zero-order valence-corrected chi connectivity index (χ0v) is 16.2. The van der Waals surface area contributed by atoms with Crippen LogP contribution in [-0.2, 0) is 25.7 Å². The van der Waals surface area contributed by atoms with Crippen molar-refractivity contribution in [2.75, 3.05) is 6.61 Å². The maximum atomic E-state index is 5.88. The number of rotatable bonds is 9. The number of hydrogen-bond donors (Lipinski definition) is 0. The van der Waals surface area contributed by atoms with Gasteiger partial charge in [-0.15, -0.1) is 6.58 Å². The lowest BCUT2D eigenvalue weighted by Gasteiger charge is -2.25. The highest BCUT2D eigenvalue weighted by atomic mass is 16.5. The molecule has 1 aliphatic carbocycles. The third-order valence-corrected chi connectivity index (χ3v) is 5.60. The Morgan fingerprint density at radius 3 is 2.65 bits per heavy atom. The molecule has 1 atom stereocenters. The van der Waals surface area contributed by atoms with Gasteiger partial charge in [-0.2, -0.15) is 0 Å². The Bertz CT molecular complexity index is 699. The van der Waals surface area contributed by atoms with E-state index < -0.39 is 0 Å². The molecule has 138 valence electrons. The minimum absolute atomic E-state index is 0.782. The van der Waals surface area contributed by atoms with Gasteiger partial charge in [0.25, 0.3) is 0 Å². The van der Waals surface area contributed by atoms with Gasteiger partial charge in [-0.05, 0) is 91.7 Å². The molecule has 1 unspecified atom stereocenters. The first kappa shape index (κ1) is 18.8. The largest absolute Gasteiger partial charge is 0.494 e. The summed E-state index contributed by atoms with van der Waals surface area (Å²) >= 11 is 0. The van der Waals surface area contributed by atoms with Crippen molar-refractivity contribution >= 4 is 0 Å². The fourth-order valence-electron chi connectivity index (χ4n) is 3.87. The molecule has 0 saturated carbocycles. The molecular formula is C25H32O. The third kappa shape index (κ3) is 5.24. The van der Waals surface area contributed by atoms with Gasteiger partial charge in [-0.1, -0.05) is 43.3 Å². The number of ether oxygens (including phenoxy) is 1. The molecule has 0 aromatic heterocycles. The lowest BCUT2D eigenvalue weighted by atomic mass is 9.81. The Balaban J connectivity index is 1.50. The van der Waals surface area contributed by atoms with Crippen LogP contribution >= 0.6 is 0 Å². The number of unbranched alkanes of at least 4 members (excludes halogenated alkanes) is 1. The summed E-state index contributed by atoms with van der Waals surface area (Å²) in [5.74, 6) is 1.84. The molecule has 0 amide bonds. The maximum absolute atomic E-state index is 5.88. The zero-order valence-electron chi connectivity index (χ0n) is 16.2. The average Bonchev–Trinajstić information content (AvgIpc) is 2.70. The predicted octanol–water partition coefficient (Wildman–Crippen LogP) is 6.33. The summed E-state index contributed by atoms with van der Waals surface area (Å²) in [5, 5.41) is 0. The maximum Gasteiger partial charge on any atom is 0.119 e. The van der Waals surface area contributed by atoms with Gasteiger partial charge in [0.05, 0.1) is 6.61 Å². The van der Waals surface area contributed by atoms with Crippen LogP contribution in [0.15, 0.2) is 55.1 Å². The summed E-state index contributed by atoms with van der Waals surface area (Å²) in [6, 6.07) is 15.9. The highest BCUT2D eigenvalue weighted by Crippen LogP contribution is 2.31. The minimum atomic E-state index is 0.782. The molecule has 0 radical (unpaired) electrons. The molecule has 0 bridgehead atoms. The molecule has 0 fully saturated rings. The Hall–Kier alpha value is -2.02. The monoisotopic (exact) mass is 348 g/mol. The fraction of sp³-hybridized carbons (Fsp3) is 0.440. The van der Waals surface area contributed by atoms with Gasteiger partial charge >= 0.3 is 0 Å². The standard InChI is InChI=1S/C25H32O/c1-3-5-6-17-26-25-16-15-23-18-22(13-14-24(23)19-25)12-11-21-9-7-20(4-2)8-10-21/h3,7-10,15-16,19,22H,1,4-6,11-14,17-18H2,2H3. The Labute approximate surface area is 159 Å². The van der Waals surface area contributed by atoms with Crippen molar-refractivity contribution in [3.05, 3.63) is 77.4 Å². The first-order chi connectivity index (χ1) is 12.8. The molecular weight excluding hydrogens is 316 g/mol. The van der Waals surface area contributed by atoms with Crippen molar-refractivity contribution in [1.82, 2.24) is 0 Å². The Morgan fingerprint density at radius 2 is 1.88 bits per heavy atom. The lowest BCUT2D eigenvalue weighted by Crippen LogP contribution is -2.15. The second-order valence-corrected chi connectivity index (χ2v) is 7.53. The highest BCUT2D eigenvalue weighted by molar-refractivity contribution is 5.37. The van der Waals surface area contributed by atoms with Gasteiger partial charge in [-0.25, -0.2) is 0 Å². The van der Waals surface area contributed by atoms with Crippen molar-refractivity contribution in [3.8, 4) is 5.75 Å². The van der Waals surface area contributed by atoms with Crippen LogP contribution in [0.1, 0.15) is 54.9 Å². The van der Waals surface area contributed by atoms with Crippen LogP contribution in [-0.4, -0.2) is 6.61 Å². The van der Waals surface area contributed by atoms with E-state index >= 15 is 0 Å². The van der Waals surface area contributed by atoms with E-state index in [1.807, 2.05) is 6.08 Å². The van der Waals surface area contributed by atoms with Crippen LogP contribution in [0.5, 0.6) is 5.75 Å². The van der Waals surface area contributed by atoms with Crippen molar-refractivity contribution < 1.29 is 4.74 Å². The molecule has 3 rings (SSSR count). The van der Waals surface area contributed by atoms with Crippen LogP contribution in [0.2, 0.25) is 0 Å². The van der Waals surface area contributed by atoms with E-state index in [1.165, 1.54) is 54.4 Å². The first-order valence-corrected chi connectivity index (χ1v) is 10.2. The third-order valence-electron chi connectivity index (χ3n) is 5.60. The molecule has 2 aromatic rings. The number of fused-ring (bicyclic) bond motifs is 1. The summed E-state index contributed by atoms with van der Waals surface area (Å²) < 4.78 is 5.88. The summed E-state index contributed by atoms with van der Waals surface area (Å²) in [4.78, 5) is 0. The summed E-state index contributed by atoms with van der Waals surface area (Å²) in [6.45, 7) is 6.75. The van der Waals surface area contributed by atoms with E-state index in [9.17, 15) is 0 Å². The average molecular weight is 349 g/mol. The van der Waals surface area contributed by atoms with E-state index in [2.05, 4.69) is 56.0 Å². The van der Waals surface area contributed by atoms with Crippen molar-refractivity contribution in [3.63, 3.8) is 0 Å². The fourth-order valence-corrected chi connectivity index (χ4v) is 3.87. The van der Waals surface area contributed by atoms with E-state index in [4.69, 9.17) is 4.74 Å². The number of hydrogen-bond acceptors (Lipinski definition) is 1. The minimum Gasteiger partial charge on any atom is -0.494 e. The zero-order chi connectivity index (χ0) is 18.2. The van der Waals surface area contributed by atoms with E-state index in [-0.39, 0.29) is 0 Å². The second-order valence-electron chi connectivity index (χ2n) is 7.53. The summed E-state index contributed by atoms with van der Waals surface area (Å²) in [5.41, 5.74) is 5.94. The van der Waals surface area contributed by atoms with Crippen molar-refractivity contribution in [1.29, 1.82) is 0 Å². The van der Waals surface area contributed by atoms with Gasteiger partial charge in [0.15, 0.2) is 0 Å². The van der Waals surface area contributed by atoms with Gasteiger partial charge < -0.3 is 4.74 Å². The SMILES string of the molecule is C=CCCCOc1ccc2c(c1)CCC(CCc1ccc(CC)cc1)C2. The van der Waals surface area contributed by atoms with Crippen LogP contribution in [0.25, 0.3) is 0 Å². The lowest BCUT2D eigenvalue weighted by molar-refractivity contribution is 0.311. The van der Waals surface area contributed by atoms with Gasteiger partial charge in [-0.3, -0.25) is 0 Å². The van der Waals surface area contributed by atoms with Gasteiger partial charge in [0.2, 0.25) is 0 Å². The molecule has 0 saturated heterocycles. The van der Waals surface area contributed by atoms with E-state index in [0.717, 1.165) is 37.5 Å². The molecule has 1 nitrogen and oxygen atoms in total. The molecule has 26 heavy (non-hydrogen) atoms. The molecule has 0 heterocycles. The van der Waals surface area contributed by atoms with Crippen molar-refractivity contribution in [2.45, 2.75) is 58.3 Å². The number of benzene rings is 2. The Kier molecular flexibility index (Phi) is 6.94. The number of allylic oxidation sites excluding steroid dienone is 1. The summed E-state index contributed by atoms with van der Waals surface area (Å²) in [6.07, 6.45) is 11.4. The normalized spacial score (nSPS) is 16.1. The highest BCUT2D eigenvalue weighted by Gasteiger charge is 2.19. The van der Waals surface area contributed by atoms with E-state index in [1.54, 1.807) is 0 Å². The molecule has 1 aliphatic rings. The second kappa shape index (κ2) is 9.62. The molecule has 0 aliphatic heterocycles. The summed E-state index contributed by atoms with van der Waals surface area (Å²) in [7, 11) is 0. The molecule has 0 spiro atoms.